The first kappa shape index (κ1) is 29.0. The zero-order valence-corrected chi connectivity index (χ0v) is 27.5. The standard InChI is InChI=1S/C42H38N4O/c1-41(2,3)29-24-25-43-40(28-29)44-36-19-10-9-18-34(36)35-23-22-31(27-39(35)44)42(4,5)30-14-13-17-33(26-30)46-38-21-12-11-20-37(38)45(47-46)32-15-7-6-8-16-32/h6-28H,1-5H3. The van der Waals surface area contributed by atoms with E-state index in [9.17, 15) is 0 Å². The first-order valence-electron chi connectivity index (χ1n) is 16.2. The number of anilines is 4. The van der Waals surface area contributed by atoms with Crippen molar-refractivity contribution in [2.75, 3.05) is 10.1 Å². The van der Waals surface area contributed by atoms with Crippen LogP contribution in [-0.4, -0.2) is 9.55 Å². The molecule has 5 aromatic carbocycles. The third-order valence-electron chi connectivity index (χ3n) is 9.51. The van der Waals surface area contributed by atoms with E-state index < -0.39 is 0 Å². The molecule has 2 aromatic heterocycles. The molecule has 5 heteroatoms. The van der Waals surface area contributed by atoms with Crippen LogP contribution in [0.4, 0.5) is 22.7 Å². The van der Waals surface area contributed by atoms with Gasteiger partial charge in [0, 0.05) is 22.4 Å². The summed E-state index contributed by atoms with van der Waals surface area (Å²) in [6.45, 7) is 11.3. The molecule has 0 saturated heterocycles. The van der Waals surface area contributed by atoms with E-state index in [1.54, 1.807) is 0 Å². The Bertz CT molecular complexity index is 2260. The van der Waals surface area contributed by atoms with Crippen molar-refractivity contribution >= 4 is 44.6 Å². The van der Waals surface area contributed by atoms with Crippen molar-refractivity contribution in [2.24, 2.45) is 0 Å². The number of pyridine rings is 1. The summed E-state index contributed by atoms with van der Waals surface area (Å²) in [4.78, 5) is 11.4. The molecule has 1 aliphatic heterocycles. The van der Waals surface area contributed by atoms with E-state index in [4.69, 9.17) is 9.92 Å². The van der Waals surface area contributed by atoms with Gasteiger partial charge in [-0.3, -0.25) is 4.57 Å². The van der Waals surface area contributed by atoms with Gasteiger partial charge in [0.2, 0.25) is 0 Å². The van der Waals surface area contributed by atoms with Crippen molar-refractivity contribution in [2.45, 2.75) is 45.4 Å². The zero-order chi connectivity index (χ0) is 32.3. The number of rotatable bonds is 5. The van der Waals surface area contributed by atoms with Crippen LogP contribution >= 0.6 is 0 Å². The van der Waals surface area contributed by atoms with Crippen molar-refractivity contribution in [3.05, 3.63) is 156 Å². The quantitative estimate of drug-likeness (QED) is 0.193. The van der Waals surface area contributed by atoms with Crippen molar-refractivity contribution in [3.63, 3.8) is 0 Å². The van der Waals surface area contributed by atoms with Gasteiger partial charge in [-0.1, -0.05) is 107 Å². The molecule has 8 rings (SSSR count). The number of fused-ring (bicyclic) bond motifs is 4. The SMILES string of the molecule is CC(C)(C)c1ccnc(-n2c3ccccc3c3ccc(C(C)(C)c4cccc(N5ON(c6ccccc6)c6ccccc65)c4)cc32)c1. The average Bonchev–Trinajstić information content (AvgIpc) is 3.65. The van der Waals surface area contributed by atoms with Crippen molar-refractivity contribution in [3.8, 4) is 5.82 Å². The average molecular weight is 615 g/mol. The lowest BCUT2D eigenvalue weighted by Crippen LogP contribution is -2.22. The second-order valence-electron chi connectivity index (χ2n) is 13.9. The summed E-state index contributed by atoms with van der Waals surface area (Å²) in [7, 11) is 0. The van der Waals surface area contributed by atoms with Crippen LogP contribution in [0.2, 0.25) is 0 Å². The summed E-state index contributed by atoms with van der Waals surface area (Å²) in [6, 6.07) is 47.1. The van der Waals surface area contributed by atoms with E-state index in [-0.39, 0.29) is 10.8 Å². The second kappa shape index (κ2) is 10.9. The lowest BCUT2D eigenvalue weighted by Gasteiger charge is -2.28. The first-order valence-corrected chi connectivity index (χ1v) is 16.2. The summed E-state index contributed by atoms with van der Waals surface area (Å²) < 4.78 is 2.32. The Hall–Kier alpha value is -5.39. The lowest BCUT2D eigenvalue weighted by molar-refractivity contribution is 0.156. The number of hydrogen-bond donors (Lipinski definition) is 0. The van der Waals surface area contributed by atoms with Gasteiger partial charge in [-0.05, 0) is 82.8 Å². The van der Waals surface area contributed by atoms with Gasteiger partial charge in [-0.2, -0.15) is 10.1 Å². The first-order chi connectivity index (χ1) is 22.7. The Morgan fingerprint density at radius 1 is 0.511 bits per heavy atom. The molecule has 232 valence electrons. The monoisotopic (exact) mass is 614 g/mol. The Labute approximate surface area is 276 Å². The van der Waals surface area contributed by atoms with Gasteiger partial charge in [0.1, 0.15) is 5.82 Å². The molecular weight excluding hydrogens is 576 g/mol. The van der Waals surface area contributed by atoms with Gasteiger partial charge in [0.05, 0.1) is 33.8 Å². The van der Waals surface area contributed by atoms with Crippen LogP contribution in [0.15, 0.2) is 140 Å². The fraction of sp³-hybridized carbons (Fsp3) is 0.167. The Morgan fingerprint density at radius 3 is 1.91 bits per heavy atom. The molecule has 0 spiro atoms. The van der Waals surface area contributed by atoms with E-state index in [2.05, 4.69) is 148 Å². The molecule has 0 unspecified atom stereocenters. The highest BCUT2D eigenvalue weighted by atomic mass is 16.8. The number of para-hydroxylation sites is 4. The highest BCUT2D eigenvalue weighted by Crippen LogP contribution is 2.46. The molecule has 47 heavy (non-hydrogen) atoms. The van der Waals surface area contributed by atoms with E-state index in [0.717, 1.165) is 39.6 Å². The van der Waals surface area contributed by atoms with Gasteiger partial charge in [-0.25, -0.2) is 4.98 Å². The molecule has 7 aromatic rings. The van der Waals surface area contributed by atoms with Gasteiger partial charge < -0.3 is 0 Å². The molecule has 0 amide bonds. The number of hydrogen-bond acceptors (Lipinski definition) is 4. The van der Waals surface area contributed by atoms with Gasteiger partial charge >= 0.3 is 0 Å². The molecule has 5 nitrogen and oxygen atoms in total. The third-order valence-corrected chi connectivity index (χ3v) is 9.51. The molecule has 0 fully saturated rings. The highest BCUT2D eigenvalue weighted by Gasteiger charge is 2.32. The maximum Gasteiger partial charge on any atom is 0.137 e. The molecule has 0 atom stereocenters. The summed E-state index contributed by atoms with van der Waals surface area (Å²) >= 11 is 0. The van der Waals surface area contributed by atoms with E-state index >= 15 is 0 Å². The van der Waals surface area contributed by atoms with Crippen LogP contribution < -0.4 is 10.1 Å². The second-order valence-corrected chi connectivity index (χ2v) is 13.9. The van der Waals surface area contributed by atoms with E-state index in [1.165, 1.54) is 27.5 Å². The van der Waals surface area contributed by atoms with E-state index in [1.807, 2.05) is 40.6 Å². The molecule has 1 aliphatic rings. The molecule has 0 N–H and O–H groups in total. The fourth-order valence-corrected chi connectivity index (χ4v) is 6.71. The van der Waals surface area contributed by atoms with Crippen LogP contribution in [0.5, 0.6) is 0 Å². The maximum atomic E-state index is 6.52. The normalized spacial score (nSPS) is 13.5. The number of aromatic nitrogens is 2. The molecule has 0 saturated carbocycles. The predicted octanol–water partition coefficient (Wildman–Crippen LogP) is 10.9. The van der Waals surface area contributed by atoms with Crippen LogP contribution in [0.25, 0.3) is 27.6 Å². The summed E-state index contributed by atoms with van der Waals surface area (Å²) in [5, 5.41) is 6.27. The topological polar surface area (TPSA) is 33.5 Å². The molecule has 0 aliphatic carbocycles. The Balaban J connectivity index is 1.22. The fourth-order valence-electron chi connectivity index (χ4n) is 6.71. The maximum absolute atomic E-state index is 6.52. The minimum absolute atomic E-state index is 0.0202. The Morgan fingerprint density at radius 2 is 1.15 bits per heavy atom. The third kappa shape index (κ3) is 4.86. The Kier molecular flexibility index (Phi) is 6.71. The van der Waals surface area contributed by atoms with Crippen LogP contribution in [-0.2, 0) is 15.8 Å². The van der Waals surface area contributed by atoms with E-state index in [0.29, 0.717) is 0 Å². The number of benzene rings is 5. The van der Waals surface area contributed by atoms with Crippen molar-refractivity contribution in [1.29, 1.82) is 0 Å². The minimum atomic E-state index is -0.301. The highest BCUT2D eigenvalue weighted by molar-refractivity contribution is 6.09. The minimum Gasteiger partial charge on any atom is -0.294 e. The van der Waals surface area contributed by atoms with Crippen LogP contribution in [0, 0.1) is 0 Å². The zero-order valence-electron chi connectivity index (χ0n) is 27.5. The summed E-state index contributed by atoms with van der Waals surface area (Å²) in [5.41, 5.74) is 9.68. The molecule has 0 bridgehead atoms. The predicted molar refractivity (Wildman–Crippen MR) is 194 cm³/mol. The smallest absolute Gasteiger partial charge is 0.137 e. The summed E-state index contributed by atoms with van der Waals surface area (Å²) in [6.07, 6.45) is 1.94. The van der Waals surface area contributed by atoms with Crippen molar-refractivity contribution in [1.82, 2.24) is 9.55 Å². The molecule has 0 radical (unpaired) electrons. The molecular formula is C42H38N4O. The molecule has 3 heterocycles. The van der Waals surface area contributed by atoms with Crippen molar-refractivity contribution < 1.29 is 4.94 Å². The van der Waals surface area contributed by atoms with Crippen LogP contribution in [0.1, 0.15) is 51.3 Å². The van der Waals surface area contributed by atoms with Gasteiger partial charge in [0.25, 0.3) is 0 Å². The van der Waals surface area contributed by atoms with Gasteiger partial charge in [-0.15, -0.1) is 4.94 Å². The number of nitrogens with zero attached hydrogens (tertiary/aromatic N) is 4. The lowest BCUT2D eigenvalue weighted by atomic mass is 9.77. The van der Waals surface area contributed by atoms with Gasteiger partial charge in [0.15, 0.2) is 0 Å². The largest absolute Gasteiger partial charge is 0.294 e. The summed E-state index contributed by atoms with van der Waals surface area (Å²) in [5.74, 6) is 0.938. The van der Waals surface area contributed by atoms with Crippen LogP contribution in [0.3, 0.4) is 0 Å².